The highest BCUT2D eigenvalue weighted by molar-refractivity contribution is 5.91. The van der Waals surface area contributed by atoms with Gasteiger partial charge in [-0.05, 0) is 26.0 Å². The minimum atomic E-state index is -0.273. The third-order valence-corrected chi connectivity index (χ3v) is 2.94. The molecular formula is C14H17N3O3. The molecule has 1 heterocycles. The van der Waals surface area contributed by atoms with Gasteiger partial charge in [-0.25, -0.2) is 0 Å². The minimum absolute atomic E-state index is 0.105. The van der Waals surface area contributed by atoms with Crippen molar-refractivity contribution in [3.8, 4) is 11.5 Å². The first-order valence-electron chi connectivity index (χ1n) is 6.19. The van der Waals surface area contributed by atoms with Crippen molar-refractivity contribution in [1.82, 2.24) is 10.2 Å². The molecule has 106 valence electrons. The average Bonchev–Trinajstić information content (AvgIpc) is 2.77. The Bertz CT molecular complexity index is 607. The van der Waals surface area contributed by atoms with Crippen LogP contribution in [0, 0.1) is 13.8 Å². The van der Waals surface area contributed by atoms with E-state index in [0.29, 0.717) is 17.3 Å². The van der Waals surface area contributed by atoms with E-state index in [9.17, 15) is 4.79 Å². The molecule has 1 amide bonds. The molecule has 2 rings (SSSR count). The van der Waals surface area contributed by atoms with Crippen LogP contribution in [0.25, 0.3) is 0 Å². The normalized spacial score (nSPS) is 10.2. The summed E-state index contributed by atoms with van der Waals surface area (Å²) in [7, 11) is 1.55. The minimum Gasteiger partial charge on any atom is -0.493 e. The van der Waals surface area contributed by atoms with Gasteiger partial charge in [0.25, 0.3) is 5.91 Å². The lowest BCUT2D eigenvalue weighted by Gasteiger charge is -2.09. The standard InChI is InChI=1S/C14H17N3O3/c1-9-10(2)16-17-14(9)15-13(18)8-20-12-7-5-4-6-11(12)19-3/h4-7H,8H2,1-3H3,(H2,15,16,17,18). The van der Waals surface area contributed by atoms with Crippen molar-refractivity contribution in [3.05, 3.63) is 35.5 Å². The summed E-state index contributed by atoms with van der Waals surface area (Å²) in [5.74, 6) is 1.37. The van der Waals surface area contributed by atoms with E-state index in [1.54, 1.807) is 19.2 Å². The molecule has 1 aromatic heterocycles. The number of hydrogen-bond acceptors (Lipinski definition) is 4. The van der Waals surface area contributed by atoms with Crippen LogP contribution in [0.2, 0.25) is 0 Å². The number of methoxy groups -OCH3 is 1. The molecule has 0 aliphatic carbocycles. The molecule has 1 aromatic carbocycles. The lowest BCUT2D eigenvalue weighted by atomic mass is 10.3. The van der Waals surface area contributed by atoms with Crippen molar-refractivity contribution in [1.29, 1.82) is 0 Å². The highest BCUT2D eigenvalue weighted by Gasteiger charge is 2.11. The molecule has 2 aromatic rings. The van der Waals surface area contributed by atoms with E-state index in [4.69, 9.17) is 9.47 Å². The van der Waals surface area contributed by atoms with E-state index in [1.165, 1.54) is 0 Å². The topological polar surface area (TPSA) is 76.2 Å². The van der Waals surface area contributed by atoms with E-state index in [1.807, 2.05) is 26.0 Å². The summed E-state index contributed by atoms with van der Waals surface area (Å²) >= 11 is 0. The second-order valence-corrected chi connectivity index (χ2v) is 4.31. The number of ether oxygens (including phenoxy) is 2. The molecule has 0 saturated carbocycles. The monoisotopic (exact) mass is 275 g/mol. The number of aromatic amines is 1. The van der Waals surface area contributed by atoms with Gasteiger partial charge in [-0.1, -0.05) is 12.1 Å². The number of amides is 1. The van der Waals surface area contributed by atoms with Gasteiger partial charge in [0.05, 0.1) is 7.11 Å². The van der Waals surface area contributed by atoms with Gasteiger partial charge >= 0.3 is 0 Å². The second-order valence-electron chi connectivity index (χ2n) is 4.31. The zero-order valence-corrected chi connectivity index (χ0v) is 11.7. The number of nitrogens with one attached hydrogen (secondary N) is 2. The molecule has 2 N–H and O–H groups in total. The summed E-state index contributed by atoms with van der Waals surface area (Å²) in [5.41, 5.74) is 1.83. The molecule has 0 fully saturated rings. The molecule has 0 unspecified atom stereocenters. The summed E-state index contributed by atoms with van der Waals surface area (Å²) in [4.78, 5) is 11.8. The molecule has 6 nitrogen and oxygen atoms in total. The predicted octanol–water partition coefficient (Wildman–Crippen LogP) is 2.05. The number of rotatable bonds is 5. The van der Waals surface area contributed by atoms with Crippen molar-refractivity contribution in [2.24, 2.45) is 0 Å². The largest absolute Gasteiger partial charge is 0.493 e. The lowest BCUT2D eigenvalue weighted by molar-refractivity contribution is -0.118. The van der Waals surface area contributed by atoms with Gasteiger partial charge in [0, 0.05) is 11.3 Å². The molecule has 0 radical (unpaired) electrons. The third-order valence-electron chi connectivity index (χ3n) is 2.94. The van der Waals surface area contributed by atoms with Crippen LogP contribution in [0.3, 0.4) is 0 Å². The Kier molecular flexibility index (Phi) is 4.24. The van der Waals surface area contributed by atoms with Gasteiger partial charge in [0.1, 0.15) is 0 Å². The number of carbonyl (C=O) groups excluding carboxylic acids is 1. The Labute approximate surface area is 117 Å². The molecule has 0 atom stereocenters. The Morgan fingerprint density at radius 2 is 2.00 bits per heavy atom. The Morgan fingerprint density at radius 3 is 2.60 bits per heavy atom. The van der Waals surface area contributed by atoms with Crippen LogP contribution in [-0.4, -0.2) is 29.8 Å². The van der Waals surface area contributed by atoms with Crippen molar-refractivity contribution in [3.63, 3.8) is 0 Å². The fraction of sp³-hybridized carbons (Fsp3) is 0.286. The molecule has 20 heavy (non-hydrogen) atoms. The summed E-state index contributed by atoms with van der Waals surface area (Å²) in [6, 6.07) is 7.17. The van der Waals surface area contributed by atoms with Crippen LogP contribution in [0.5, 0.6) is 11.5 Å². The molecular weight excluding hydrogens is 258 g/mol. The van der Waals surface area contributed by atoms with E-state index < -0.39 is 0 Å². The average molecular weight is 275 g/mol. The number of aromatic nitrogens is 2. The van der Waals surface area contributed by atoms with Gasteiger partial charge in [0.2, 0.25) is 0 Å². The molecule has 0 saturated heterocycles. The summed E-state index contributed by atoms with van der Waals surface area (Å²) in [6.07, 6.45) is 0. The van der Waals surface area contributed by atoms with E-state index in [0.717, 1.165) is 11.3 Å². The van der Waals surface area contributed by atoms with Gasteiger partial charge in [-0.3, -0.25) is 9.89 Å². The number of para-hydroxylation sites is 2. The number of nitrogens with zero attached hydrogens (tertiary/aromatic N) is 1. The number of benzene rings is 1. The quantitative estimate of drug-likeness (QED) is 0.875. The van der Waals surface area contributed by atoms with Gasteiger partial charge in [-0.2, -0.15) is 5.10 Å². The van der Waals surface area contributed by atoms with E-state index in [2.05, 4.69) is 15.5 Å². The van der Waals surface area contributed by atoms with Crippen LogP contribution < -0.4 is 14.8 Å². The highest BCUT2D eigenvalue weighted by atomic mass is 16.5. The lowest BCUT2D eigenvalue weighted by Crippen LogP contribution is -2.21. The zero-order chi connectivity index (χ0) is 14.5. The highest BCUT2D eigenvalue weighted by Crippen LogP contribution is 2.25. The zero-order valence-electron chi connectivity index (χ0n) is 11.7. The Hall–Kier alpha value is -2.50. The third kappa shape index (κ3) is 3.09. The van der Waals surface area contributed by atoms with Crippen molar-refractivity contribution in [2.45, 2.75) is 13.8 Å². The maximum atomic E-state index is 11.8. The number of carbonyl (C=O) groups is 1. The first-order chi connectivity index (χ1) is 9.61. The van der Waals surface area contributed by atoms with Crippen molar-refractivity contribution < 1.29 is 14.3 Å². The first kappa shape index (κ1) is 13.9. The number of H-pyrrole nitrogens is 1. The van der Waals surface area contributed by atoms with E-state index in [-0.39, 0.29) is 12.5 Å². The Morgan fingerprint density at radius 1 is 1.30 bits per heavy atom. The first-order valence-corrected chi connectivity index (χ1v) is 6.19. The number of hydrogen-bond donors (Lipinski definition) is 2. The van der Waals surface area contributed by atoms with Crippen molar-refractivity contribution in [2.75, 3.05) is 19.0 Å². The molecule has 0 spiro atoms. The Balaban J connectivity index is 1.94. The molecule has 0 aliphatic heterocycles. The molecule has 0 bridgehead atoms. The van der Waals surface area contributed by atoms with Crippen LogP contribution >= 0.6 is 0 Å². The summed E-state index contributed by atoms with van der Waals surface area (Å²) in [6.45, 7) is 3.67. The number of aryl methyl sites for hydroxylation is 1. The van der Waals surface area contributed by atoms with Gasteiger partial charge in [0.15, 0.2) is 23.9 Å². The predicted molar refractivity (Wildman–Crippen MR) is 75.2 cm³/mol. The van der Waals surface area contributed by atoms with Gasteiger partial charge in [-0.15, -0.1) is 0 Å². The second kappa shape index (κ2) is 6.10. The fourth-order valence-electron chi connectivity index (χ4n) is 1.66. The van der Waals surface area contributed by atoms with Crippen LogP contribution in [0.15, 0.2) is 24.3 Å². The van der Waals surface area contributed by atoms with Crippen LogP contribution in [-0.2, 0) is 4.79 Å². The maximum absolute atomic E-state index is 11.8. The summed E-state index contributed by atoms with van der Waals surface area (Å²) in [5, 5.41) is 9.51. The number of anilines is 1. The maximum Gasteiger partial charge on any atom is 0.263 e. The smallest absolute Gasteiger partial charge is 0.263 e. The molecule has 0 aliphatic rings. The summed E-state index contributed by atoms with van der Waals surface area (Å²) < 4.78 is 10.6. The van der Waals surface area contributed by atoms with Crippen LogP contribution in [0.1, 0.15) is 11.3 Å². The van der Waals surface area contributed by atoms with E-state index >= 15 is 0 Å². The van der Waals surface area contributed by atoms with Gasteiger partial charge < -0.3 is 14.8 Å². The molecule has 6 heteroatoms. The SMILES string of the molecule is COc1ccccc1OCC(=O)Nc1n[nH]c(C)c1C. The van der Waals surface area contributed by atoms with Crippen molar-refractivity contribution >= 4 is 11.7 Å². The fourth-order valence-corrected chi connectivity index (χ4v) is 1.66. The van der Waals surface area contributed by atoms with Crippen LogP contribution in [0.4, 0.5) is 5.82 Å².